The maximum Gasteiger partial charge on any atom is 0.324 e. The van der Waals surface area contributed by atoms with Gasteiger partial charge < -0.3 is 9.47 Å². The third kappa shape index (κ3) is 3.16. The summed E-state index contributed by atoms with van der Waals surface area (Å²) in [5.74, 6) is 0.929. The molecule has 0 aliphatic carbocycles. The number of fused-ring (bicyclic) bond motifs is 2. The number of ether oxygens (including phenoxy) is 2. The smallest absolute Gasteiger partial charge is 0.324 e. The van der Waals surface area contributed by atoms with Crippen LogP contribution in [-0.2, 0) is 4.79 Å². The van der Waals surface area contributed by atoms with Gasteiger partial charge in [-0.3, -0.25) is 20.2 Å². The third-order valence-electron chi connectivity index (χ3n) is 3.30. The molecule has 1 N–H and O–H groups in total. The molecule has 0 bridgehead atoms. The normalized spacial score (nSPS) is 12.8. The lowest BCUT2D eigenvalue weighted by Crippen LogP contribution is -2.06. The first-order chi connectivity index (χ1) is 12.1. The highest BCUT2D eigenvalue weighted by atomic mass is 32.1. The van der Waals surface area contributed by atoms with E-state index >= 15 is 0 Å². The second-order valence-corrected chi connectivity index (χ2v) is 7.07. The molecule has 2 aromatic heterocycles. The second kappa shape index (κ2) is 6.15. The average molecular weight is 375 g/mol. The first kappa shape index (κ1) is 15.5. The van der Waals surface area contributed by atoms with E-state index < -0.39 is 4.92 Å². The first-order valence-corrected chi connectivity index (χ1v) is 8.65. The number of carbonyl (C=O) groups excluding carboxylic acids is 1. The summed E-state index contributed by atoms with van der Waals surface area (Å²) < 4.78 is 11.5. The topological polar surface area (TPSA) is 104 Å². The summed E-state index contributed by atoms with van der Waals surface area (Å²) in [6.07, 6.45) is 2.84. The van der Waals surface area contributed by atoms with Crippen LogP contribution in [0.5, 0.6) is 11.5 Å². The average Bonchev–Trinajstić information content (AvgIpc) is 3.28. The molecule has 0 unspecified atom stereocenters. The lowest BCUT2D eigenvalue weighted by atomic mass is 10.3. The summed E-state index contributed by atoms with van der Waals surface area (Å²) in [6, 6.07) is 6.58. The zero-order valence-electron chi connectivity index (χ0n) is 12.4. The molecule has 25 heavy (non-hydrogen) atoms. The minimum atomic E-state index is -0.464. The fraction of sp³-hybridized carbons (Fsp3) is 0.0667. The largest absolute Gasteiger partial charge is 0.454 e. The Hall–Kier alpha value is -2.98. The van der Waals surface area contributed by atoms with Gasteiger partial charge in [0.25, 0.3) is 0 Å². The number of hydrogen-bond acceptors (Lipinski definition) is 8. The van der Waals surface area contributed by atoms with E-state index in [1.165, 1.54) is 29.6 Å². The van der Waals surface area contributed by atoms with Crippen LogP contribution in [0, 0.1) is 10.1 Å². The molecule has 0 atom stereocenters. The molecule has 3 heterocycles. The van der Waals surface area contributed by atoms with Gasteiger partial charge in [-0.2, -0.15) is 0 Å². The number of anilines is 1. The molecule has 10 heteroatoms. The molecule has 3 aromatic rings. The molecule has 0 saturated carbocycles. The zero-order chi connectivity index (χ0) is 17.4. The van der Waals surface area contributed by atoms with Crippen molar-refractivity contribution in [2.45, 2.75) is 0 Å². The highest BCUT2D eigenvalue weighted by Crippen LogP contribution is 2.38. The summed E-state index contributed by atoms with van der Waals surface area (Å²) >= 11 is 2.32. The number of thiazole rings is 1. The van der Waals surface area contributed by atoms with Crippen molar-refractivity contribution in [1.82, 2.24) is 4.98 Å². The van der Waals surface area contributed by atoms with E-state index in [4.69, 9.17) is 9.47 Å². The van der Waals surface area contributed by atoms with Crippen molar-refractivity contribution in [2.24, 2.45) is 0 Å². The molecular formula is C15H9N3O5S2. The fourth-order valence-corrected chi connectivity index (χ4v) is 3.81. The van der Waals surface area contributed by atoms with Crippen molar-refractivity contribution in [3.63, 3.8) is 0 Å². The Bertz CT molecular complexity index is 983. The van der Waals surface area contributed by atoms with E-state index in [0.717, 1.165) is 16.0 Å². The molecule has 1 aromatic carbocycles. The van der Waals surface area contributed by atoms with Gasteiger partial charge in [0.1, 0.15) is 0 Å². The number of hydrogen-bond donors (Lipinski definition) is 1. The van der Waals surface area contributed by atoms with Gasteiger partial charge in [-0.1, -0.05) is 22.7 Å². The van der Waals surface area contributed by atoms with Gasteiger partial charge in [0.15, 0.2) is 16.6 Å². The first-order valence-electron chi connectivity index (χ1n) is 7.02. The predicted molar refractivity (Wildman–Crippen MR) is 94.4 cm³/mol. The summed E-state index contributed by atoms with van der Waals surface area (Å²) in [6.45, 7) is 0.196. The van der Waals surface area contributed by atoms with Crippen molar-refractivity contribution < 1.29 is 19.2 Å². The lowest BCUT2D eigenvalue weighted by molar-refractivity contribution is -0.380. The molecule has 1 aliphatic heterocycles. The Morgan fingerprint density at radius 1 is 1.28 bits per heavy atom. The molecule has 1 amide bonds. The van der Waals surface area contributed by atoms with E-state index in [-0.39, 0.29) is 17.7 Å². The van der Waals surface area contributed by atoms with Gasteiger partial charge in [-0.05, 0) is 12.1 Å². The van der Waals surface area contributed by atoms with Crippen molar-refractivity contribution >= 4 is 55.0 Å². The molecule has 0 saturated heterocycles. The molecular weight excluding hydrogens is 366 g/mol. The molecule has 0 fully saturated rings. The van der Waals surface area contributed by atoms with E-state index in [2.05, 4.69) is 10.3 Å². The number of amides is 1. The Morgan fingerprint density at radius 3 is 2.84 bits per heavy atom. The summed E-state index contributed by atoms with van der Waals surface area (Å²) in [4.78, 5) is 27.1. The van der Waals surface area contributed by atoms with Gasteiger partial charge in [0.05, 0.1) is 15.1 Å². The van der Waals surface area contributed by atoms with Crippen molar-refractivity contribution in [2.75, 3.05) is 12.1 Å². The number of benzene rings is 1. The Kier molecular flexibility index (Phi) is 3.82. The SMILES string of the molecule is O=C(/C=C/c1ccc([N+](=O)[O-])s1)Nc1nc2cc3c(cc2s1)OCO3. The second-order valence-electron chi connectivity index (χ2n) is 4.95. The van der Waals surface area contributed by atoms with Gasteiger partial charge in [0.2, 0.25) is 12.7 Å². The number of nitrogens with one attached hydrogen (secondary N) is 1. The predicted octanol–water partition coefficient (Wildman–Crippen LogP) is 3.65. The number of aromatic nitrogens is 1. The van der Waals surface area contributed by atoms with Crippen molar-refractivity contribution in [1.29, 1.82) is 0 Å². The minimum absolute atomic E-state index is 0.0312. The van der Waals surface area contributed by atoms with Gasteiger partial charge >= 0.3 is 5.00 Å². The van der Waals surface area contributed by atoms with E-state index in [9.17, 15) is 14.9 Å². The monoisotopic (exact) mass is 375 g/mol. The quantitative estimate of drug-likeness (QED) is 0.424. The van der Waals surface area contributed by atoms with Crippen molar-refractivity contribution in [3.05, 3.63) is 45.3 Å². The molecule has 0 radical (unpaired) electrons. The number of thiophene rings is 1. The van der Waals surface area contributed by atoms with Gasteiger partial charge in [-0.25, -0.2) is 4.98 Å². The van der Waals surface area contributed by atoms with Crippen LogP contribution < -0.4 is 14.8 Å². The van der Waals surface area contributed by atoms with E-state index in [0.29, 0.717) is 27.0 Å². The van der Waals surface area contributed by atoms with Crippen LogP contribution in [0.4, 0.5) is 10.1 Å². The van der Waals surface area contributed by atoms with Crippen LogP contribution >= 0.6 is 22.7 Å². The van der Waals surface area contributed by atoms with Crippen molar-refractivity contribution in [3.8, 4) is 11.5 Å². The van der Waals surface area contributed by atoms with Gasteiger partial charge in [0, 0.05) is 29.2 Å². The summed E-state index contributed by atoms with van der Waals surface area (Å²) in [5, 5.41) is 13.8. The highest BCUT2D eigenvalue weighted by Gasteiger charge is 2.17. The van der Waals surface area contributed by atoms with Crippen LogP contribution in [0.25, 0.3) is 16.3 Å². The van der Waals surface area contributed by atoms with Crippen LogP contribution in [-0.4, -0.2) is 22.6 Å². The lowest BCUT2D eigenvalue weighted by Gasteiger charge is -1.94. The van der Waals surface area contributed by atoms with Crippen LogP contribution in [0.2, 0.25) is 0 Å². The van der Waals surface area contributed by atoms with Crippen LogP contribution in [0.3, 0.4) is 0 Å². The molecule has 1 aliphatic rings. The zero-order valence-corrected chi connectivity index (χ0v) is 14.1. The number of carbonyl (C=O) groups is 1. The fourth-order valence-electron chi connectivity index (χ4n) is 2.21. The van der Waals surface area contributed by atoms with Gasteiger partial charge in [-0.15, -0.1) is 0 Å². The molecule has 126 valence electrons. The Balaban J connectivity index is 1.47. The van der Waals surface area contributed by atoms with E-state index in [1.807, 2.05) is 6.07 Å². The third-order valence-corrected chi connectivity index (χ3v) is 5.24. The van der Waals surface area contributed by atoms with E-state index in [1.54, 1.807) is 12.1 Å². The number of nitro groups is 1. The highest BCUT2D eigenvalue weighted by molar-refractivity contribution is 7.22. The molecule has 8 nitrogen and oxygen atoms in total. The summed E-state index contributed by atoms with van der Waals surface area (Å²) in [5.41, 5.74) is 0.711. The summed E-state index contributed by atoms with van der Waals surface area (Å²) in [7, 11) is 0. The molecule has 0 spiro atoms. The Morgan fingerprint density at radius 2 is 2.08 bits per heavy atom. The van der Waals surface area contributed by atoms with Crippen LogP contribution in [0.1, 0.15) is 4.88 Å². The number of nitrogens with zero attached hydrogens (tertiary/aromatic N) is 2. The maximum absolute atomic E-state index is 12.0. The van der Waals surface area contributed by atoms with Crippen LogP contribution in [0.15, 0.2) is 30.3 Å². The minimum Gasteiger partial charge on any atom is -0.454 e. The Labute approximate surface area is 148 Å². The number of rotatable bonds is 4. The standard InChI is InChI=1S/C15H9N3O5S2/c19-13(3-1-8-2-4-14(24-8)18(20)21)17-15-16-9-5-10-11(23-7-22-10)6-12(9)25-15/h1-6H,7H2,(H,16,17,19)/b3-1+. The molecule has 4 rings (SSSR count). The maximum atomic E-state index is 12.0.